The molecule has 1 fully saturated rings. The van der Waals surface area contributed by atoms with Crippen LogP contribution in [-0.4, -0.2) is 50.6 Å². The predicted molar refractivity (Wildman–Crippen MR) is 85.3 cm³/mol. The minimum Gasteiger partial charge on any atom is -0.495 e. The Morgan fingerprint density at radius 1 is 1.20 bits per heavy atom. The van der Waals surface area contributed by atoms with Crippen molar-refractivity contribution in [1.29, 1.82) is 0 Å². The number of methoxy groups -OCH3 is 1. The van der Waals surface area contributed by atoms with Crippen LogP contribution in [0.3, 0.4) is 0 Å². The van der Waals surface area contributed by atoms with Crippen LogP contribution in [0.5, 0.6) is 5.75 Å². The fourth-order valence-electron chi connectivity index (χ4n) is 2.22. The number of piperazine rings is 1. The first-order valence-electron chi connectivity index (χ1n) is 6.12. The molecule has 1 aliphatic heterocycles. The molecule has 0 saturated carbocycles. The van der Waals surface area contributed by atoms with Crippen LogP contribution in [0.25, 0.3) is 0 Å². The zero-order valence-corrected chi connectivity index (χ0v) is 13.1. The number of ether oxygens (including phenoxy) is 1. The lowest BCUT2D eigenvalue weighted by Gasteiger charge is -2.36. The number of carbonyl (C=O) groups is 1. The summed E-state index contributed by atoms with van der Waals surface area (Å²) in [5, 5.41) is 0. The number of nitrogens with two attached hydrogens (primary N) is 1. The normalized spacial score (nSPS) is 14.1. The van der Waals surface area contributed by atoms with Gasteiger partial charge in [0.05, 0.1) is 19.3 Å². The van der Waals surface area contributed by atoms with Gasteiger partial charge in [-0.2, -0.15) is 0 Å². The zero-order chi connectivity index (χ0) is 13.0. The van der Waals surface area contributed by atoms with Crippen molar-refractivity contribution in [2.45, 2.75) is 0 Å². The Labute approximate surface area is 131 Å². The molecular weight excluding hydrogens is 301 g/mol. The predicted octanol–water partition coefficient (Wildman–Crippen LogP) is 1.15. The molecule has 20 heavy (non-hydrogen) atoms. The van der Waals surface area contributed by atoms with Crippen molar-refractivity contribution in [2.24, 2.45) is 5.73 Å². The van der Waals surface area contributed by atoms with Crippen LogP contribution < -0.4 is 15.4 Å². The number of rotatable bonds is 3. The van der Waals surface area contributed by atoms with Crippen LogP contribution in [0.1, 0.15) is 0 Å². The molecule has 2 N–H and O–H groups in total. The first-order chi connectivity index (χ1) is 8.76. The lowest BCUT2D eigenvalue weighted by molar-refractivity contribution is -0.129. The molecule has 2 rings (SSSR count). The van der Waals surface area contributed by atoms with Crippen LogP contribution in [0.2, 0.25) is 0 Å². The molecule has 1 heterocycles. The van der Waals surface area contributed by atoms with Gasteiger partial charge in [0.1, 0.15) is 5.75 Å². The third-order valence-corrected chi connectivity index (χ3v) is 3.23. The van der Waals surface area contributed by atoms with E-state index < -0.39 is 0 Å². The van der Waals surface area contributed by atoms with Gasteiger partial charge < -0.3 is 20.3 Å². The Balaban J connectivity index is 0.00000180. The van der Waals surface area contributed by atoms with E-state index in [9.17, 15) is 4.79 Å². The fraction of sp³-hybridized carbons (Fsp3) is 0.462. The molecule has 0 bridgehead atoms. The smallest absolute Gasteiger partial charge is 0.236 e. The maximum Gasteiger partial charge on any atom is 0.236 e. The molecule has 1 aromatic rings. The summed E-state index contributed by atoms with van der Waals surface area (Å²) in [6.07, 6.45) is 0. The van der Waals surface area contributed by atoms with Gasteiger partial charge in [0.15, 0.2) is 0 Å². The van der Waals surface area contributed by atoms with Gasteiger partial charge in [-0.25, -0.2) is 0 Å². The number of amides is 1. The monoisotopic (exact) mass is 321 g/mol. The van der Waals surface area contributed by atoms with Crippen molar-refractivity contribution in [1.82, 2.24) is 4.90 Å². The maximum absolute atomic E-state index is 11.5. The molecular formula is C13H21Cl2N3O2. The van der Waals surface area contributed by atoms with Gasteiger partial charge in [0.2, 0.25) is 5.91 Å². The van der Waals surface area contributed by atoms with E-state index in [2.05, 4.69) is 4.90 Å². The van der Waals surface area contributed by atoms with Gasteiger partial charge in [0, 0.05) is 26.2 Å². The highest BCUT2D eigenvalue weighted by Gasteiger charge is 2.21. The molecule has 1 amide bonds. The van der Waals surface area contributed by atoms with E-state index in [1.54, 1.807) is 7.11 Å². The Hall–Kier alpha value is -1.17. The summed E-state index contributed by atoms with van der Waals surface area (Å²) in [5.41, 5.74) is 6.45. The van der Waals surface area contributed by atoms with E-state index in [0.29, 0.717) is 13.1 Å². The highest BCUT2D eigenvalue weighted by Crippen LogP contribution is 2.28. The number of hydrogen-bond donors (Lipinski definition) is 1. The Bertz CT molecular complexity index is 424. The van der Waals surface area contributed by atoms with E-state index in [1.807, 2.05) is 29.2 Å². The molecule has 0 unspecified atom stereocenters. The van der Waals surface area contributed by atoms with Crippen LogP contribution >= 0.6 is 24.8 Å². The van der Waals surface area contributed by atoms with E-state index in [1.165, 1.54) is 0 Å². The number of benzene rings is 1. The van der Waals surface area contributed by atoms with Crippen molar-refractivity contribution in [3.05, 3.63) is 24.3 Å². The topological polar surface area (TPSA) is 58.8 Å². The third kappa shape index (κ3) is 4.16. The lowest BCUT2D eigenvalue weighted by atomic mass is 10.2. The van der Waals surface area contributed by atoms with Gasteiger partial charge >= 0.3 is 0 Å². The van der Waals surface area contributed by atoms with Crippen molar-refractivity contribution >= 4 is 36.4 Å². The highest BCUT2D eigenvalue weighted by atomic mass is 35.5. The van der Waals surface area contributed by atoms with Crippen LogP contribution in [0.15, 0.2) is 24.3 Å². The minimum atomic E-state index is 0. The summed E-state index contributed by atoms with van der Waals surface area (Å²) >= 11 is 0. The molecule has 114 valence electrons. The van der Waals surface area contributed by atoms with Crippen molar-refractivity contribution in [3.63, 3.8) is 0 Å². The second-order valence-electron chi connectivity index (χ2n) is 4.24. The quantitative estimate of drug-likeness (QED) is 0.907. The van der Waals surface area contributed by atoms with Crippen LogP contribution in [0.4, 0.5) is 5.69 Å². The van der Waals surface area contributed by atoms with Crippen molar-refractivity contribution < 1.29 is 9.53 Å². The Morgan fingerprint density at radius 2 is 1.80 bits per heavy atom. The summed E-state index contributed by atoms with van der Waals surface area (Å²) in [6, 6.07) is 7.94. The molecule has 7 heteroatoms. The van der Waals surface area contributed by atoms with Crippen molar-refractivity contribution in [2.75, 3.05) is 44.7 Å². The SMILES string of the molecule is COc1ccccc1N1CCN(C(=O)CN)CC1.Cl.Cl. The maximum atomic E-state index is 11.5. The van der Waals surface area contributed by atoms with E-state index in [0.717, 1.165) is 24.5 Å². The number of hydrogen-bond acceptors (Lipinski definition) is 4. The highest BCUT2D eigenvalue weighted by molar-refractivity contribution is 5.85. The van der Waals surface area contributed by atoms with E-state index in [4.69, 9.17) is 10.5 Å². The van der Waals surface area contributed by atoms with Crippen LogP contribution in [0, 0.1) is 0 Å². The van der Waals surface area contributed by atoms with E-state index >= 15 is 0 Å². The minimum absolute atomic E-state index is 0. The number of nitrogens with zero attached hydrogens (tertiary/aromatic N) is 2. The van der Waals surface area contributed by atoms with Gasteiger partial charge in [0.25, 0.3) is 0 Å². The number of halogens is 2. The molecule has 1 aliphatic rings. The average molecular weight is 322 g/mol. The largest absolute Gasteiger partial charge is 0.495 e. The van der Waals surface area contributed by atoms with Crippen molar-refractivity contribution in [3.8, 4) is 5.75 Å². The number of para-hydroxylation sites is 2. The molecule has 0 aliphatic carbocycles. The Morgan fingerprint density at radius 3 is 2.35 bits per heavy atom. The van der Waals surface area contributed by atoms with Crippen LogP contribution in [-0.2, 0) is 4.79 Å². The average Bonchev–Trinajstić information content (AvgIpc) is 2.46. The number of anilines is 1. The Kier molecular flexibility index (Phi) is 8.37. The standard InChI is InChI=1S/C13H19N3O2.2ClH/c1-18-12-5-3-2-4-11(12)15-6-8-16(9-7-15)13(17)10-14;;/h2-5H,6-10,14H2,1H3;2*1H. The summed E-state index contributed by atoms with van der Waals surface area (Å²) in [6.45, 7) is 3.15. The fourth-order valence-corrected chi connectivity index (χ4v) is 2.22. The molecule has 5 nitrogen and oxygen atoms in total. The molecule has 0 radical (unpaired) electrons. The summed E-state index contributed by atoms with van der Waals surface area (Å²) in [5.74, 6) is 0.894. The van der Waals surface area contributed by atoms with Gasteiger partial charge in [-0.05, 0) is 12.1 Å². The molecule has 1 aromatic carbocycles. The second kappa shape index (κ2) is 8.89. The second-order valence-corrected chi connectivity index (χ2v) is 4.24. The third-order valence-electron chi connectivity index (χ3n) is 3.23. The zero-order valence-electron chi connectivity index (χ0n) is 11.4. The van der Waals surface area contributed by atoms with Gasteiger partial charge in [-0.15, -0.1) is 24.8 Å². The first-order valence-corrected chi connectivity index (χ1v) is 6.12. The molecule has 1 saturated heterocycles. The molecule has 0 atom stereocenters. The lowest BCUT2D eigenvalue weighted by Crippen LogP contribution is -2.50. The summed E-state index contributed by atoms with van der Waals surface area (Å²) < 4.78 is 5.35. The first kappa shape index (κ1) is 18.8. The van der Waals surface area contributed by atoms with E-state index in [-0.39, 0.29) is 37.3 Å². The molecule has 0 aromatic heterocycles. The van der Waals surface area contributed by atoms with Gasteiger partial charge in [-0.3, -0.25) is 4.79 Å². The summed E-state index contributed by atoms with van der Waals surface area (Å²) in [4.78, 5) is 15.5. The summed E-state index contributed by atoms with van der Waals surface area (Å²) in [7, 11) is 1.67. The number of carbonyl (C=O) groups excluding carboxylic acids is 1. The van der Waals surface area contributed by atoms with Gasteiger partial charge in [-0.1, -0.05) is 12.1 Å². The molecule has 0 spiro atoms.